The number of terminal acetylenes is 1. The van der Waals surface area contributed by atoms with Crippen LogP contribution < -0.4 is 5.73 Å². The Hall–Kier alpha value is -3.00. The minimum atomic E-state index is -0.831. The zero-order chi connectivity index (χ0) is 25.3. The van der Waals surface area contributed by atoms with Crippen molar-refractivity contribution in [1.29, 1.82) is 0 Å². The summed E-state index contributed by atoms with van der Waals surface area (Å²) in [6, 6.07) is 0. The van der Waals surface area contributed by atoms with E-state index in [-0.39, 0.29) is 32.2 Å². The smallest absolute Gasteiger partial charge is 0.433 e. The second-order valence-electron chi connectivity index (χ2n) is 5.98. The van der Waals surface area contributed by atoms with Crippen LogP contribution in [-0.4, -0.2) is 80.4 Å². The lowest BCUT2D eigenvalue weighted by atomic mass is 10.2. The van der Waals surface area contributed by atoms with Crippen LogP contribution in [0.15, 0.2) is 12.7 Å². The minimum Gasteiger partial charge on any atom is -0.433 e. The average molecular weight is 519 g/mol. The number of aromatic nitrogens is 4. The van der Waals surface area contributed by atoms with E-state index in [9.17, 15) is 14.9 Å². The highest BCUT2D eigenvalue weighted by Gasteiger charge is 2.29. The molecule has 188 valence electrons. The fourth-order valence-corrected chi connectivity index (χ4v) is 4.37. The highest BCUT2D eigenvalue weighted by molar-refractivity contribution is 8.76. The van der Waals surface area contributed by atoms with Crippen molar-refractivity contribution in [3.8, 4) is 12.8 Å². The molecule has 0 spiro atoms. The molecular weight excluding hydrogens is 492 g/mol. The summed E-state index contributed by atoms with van der Waals surface area (Å²) in [5, 5.41) is 16.2. The van der Waals surface area contributed by atoms with E-state index in [1.165, 1.54) is 27.9 Å². The van der Waals surface area contributed by atoms with Gasteiger partial charge in [0.2, 0.25) is 0 Å². The maximum Gasteiger partial charge on any atom is 0.508 e. The van der Waals surface area contributed by atoms with Gasteiger partial charge in [0.1, 0.15) is 37.9 Å². The number of nitrogens with two attached hydrogens (primary N) is 1. The van der Waals surface area contributed by atoms with Crippen LogP contribution in [0.25, 0.3) is 11.2 Å². The molecule has 0 aromatic carbocycles. The Balaban J connectivity index is 0.00000137. The number of aliphatic hydroxyl groups excluding tert-OH is 1. The molecule has 2 aromatic rings. The van der Waals surface area contributed by atoms with Gasteiger partial charge in [-0.2, -0.15) is 0 Å². The average Bonchev–Trinajstić information content (AvgIpc) is 3.49. The number of carbonyl (C=O) groups is 1. The molecule has 1 saturated heterocycles. The van der Waals surface area contributed by atoms with E-state index in [0.717, 1.165) is 7.11 Å². The van der Waals surface area contributed by atoms with Crippen molar-refractivity contribution >= 4 is 44.7 Å². The topological polar surface area (TPSA) is 187 Å². The normalized spacial score (nSPS) is 16.5. The van der Waals surface area contributed by atoms with Gasteiger partial charge in [-0.25, -0.2) is 19.7 Å². The molecule has 0 amide bonds. The number of fused-ring (bicyclic) bond motifs is 1. The SMILES string of the molecule is C#C.CO.Nc1ncnc2c1ncn2[C@H]1CC[C@@H](COC(=O)OCCSSCCO[N+](=O)[O-])O1. The first-order valence-electron chi connectivity index (χ1n) is 9.72. The quantitative estimate of drug-likeness (QED) is 0.109. The third kappa shape index (κ3) is 9.47. The van der Waals surface area contributed by atoms with Crippen molar-refractivity contribution < 1.29 is 34.0 Å². The highest BCUT2D eigenvalue weighted by atomic mass is 33.1. The molecule has 2 atom stereocenters. The van der Waals surface area contributed by atoms with Gasteiger partial charge in [-0.05, 0) is 12.8 Å². The predicted molar refractivity (Wildman–Crippen MR) is 126 cm³/mol. The highest BCUT2D eigenvalue weighted by Crippen LogP contribution is 2.31. The molecule has 14 nitrogen and oxygen atoms in total. The fourth-order valence-electron chi connectivity index (χ4n) is 2.72. The fraction of sp³-hybridized carbons (Fsp3) is 0.556. The van der Waals surface area contributed by atoms with Gasteiger partial charge in [0.15, 0.2) is 11.5 Å². The summed E-state index contributed by atoms with van der Waals surface area (Å²) in [7, 11) is 3.81. The number of nitrogen functional groups attached to an aromatic ring is 1. The van der Waals surface area contributed by atoms with Crippen molar-refractivity contribution in [3.63, 3.8) is 0 Å². The molecule has 3 N–H and O–H groups in total. The molecule has 0 bridgehead atoms. The predicted octanol–water partition coefficient (Wildman–Crippen LogP) is 1.69. The Morgan fingerprint density at radius 1 is 1.26 bits per heavy atom. The van der Waals surface area contributed by atoms with Crippen molar-refractivity contribution in [2.24, 2.45) is 0 Å². The van der Waals surface area contributed by atoms with Crippen LogP contribution in [0, 0.1) is 23.0 Å². The van der Waals surface area contributed by atoms with Gasteiger partial charge in [0, 0.05) is 18.6 Å². The second-order valence-corrected chi connectivity index (χ2v) is 8.69. The summed E-state index contributed by atoms with van der Waals surface area (Å²) in [6.45, 7) is 0.271. The van der Waals surface area contributed by atoms with Crippen LogP contribution in [0.4, 0.5) is 10.6 Å². The minimum absolute atomic E-state index is 0.0190. The number of nitrogens with zero attached hydrogens (tertiary/aromatic N) is 5. The number of anilines is 1. The number of rotatable bonds is 11. The van der Waals surface area contributed by atoms with Crippen LogP contribution in [0.3, 0.4) is 0 Å². The van der Waals surface area contributed by atoms with Crippen molar-refractivity contribution in [3.05, 3.63) is 22.8 Å². The number of hydrogen-bond acceptors (Lipinski definition) is 14. The first-order chi connectivity index (χ1) is 16.5. The monoisotopic (exact) mass is 518 g/mol. The van der Waals surface area contributed by atoms with Gasteiger partial charge in [-0.1, -0.05) is 21.6 Å². The van der Waals surface area contributed by atoms with E-state index >= 15 is 0 Å². The van der Waals surface area contributed by atoms with Crippen molar-refractivity contribution in [1.82, 2.24) is 19.5 Å². The van der Waals surface area contributed by atoms with Crippen molar-refractivity contribution in [2.45, 2.75) is 25.2 Å². The van der Waals surface area contributed by atoms with E-state index in [1.54, 1.807) is 10.9 Å². The summed E-state index contributed by atoms with van der Waals surface area (Å²) in [5.74, 6) is 1.29. The molecule has 0 unspecified atom stereocenters. The van der Waals surface area contributed by atoms with Gasteiger partial charge < -0.3 is 29.9 Å². The zero-order valence-electron chi connectivity index (χ0n) is 18.3. The third-order valence-corrected chi connectivity index (χ3v) is 6.34. The first-order valence-corrected chi connectivity index (χ1v) is 12.2. The largest absolute Gasteiger partial charge is 0.508 e. The standard InChI is InChI=1S/C15H20N6O7S2.C2H2.CH4O/c16-13-12-14(18-8-17-13)20(9-19-12)11-2-1-10(28-11)7-26-15(22)25-3-5-29-30-6-4-27-21(23)24;2*1-2/h8-11H,1-7H2,(H2,16,17,18);1-2H;2H,1H3/t10-,11+;;/m0../s1. The molecule has 34 heavy (non-hydrogen) atoms. The number of ether oxygens (including phenoxy) is 3. The molecule has 0 aliphatic carbocycles. The summed E-state index contributed by atoms with van der Waals surface area (Å²) >= 11 is 0. The lowest BCUT2D eigenvalue weighted by Crippen LogP contribution is -2.20. The Bertz CT molecular complexity index is 915. The van der Waals surface area contributed by atoms with Crippen LogP contribution in [0.1, 0.15) is 19.1 Å². The molecule has 0 saturated carbocycles. The van der Waals surface area contributed by atoms with E-state index in [0.29, 0.717) is 41.3 Å². The molecule has 3 rings (SSSR count). The second kappa shape index (κ2) is 16.6. The number of carbonyl (C=O) groups excluding carboxylic acids is 1. The summed E-state index contributed by atoms with van der Waals surface area (Å²) in [6.07, 6.45) is 11.1. The van der Waals surface area contributed by atoms with Crippen LogP contribution >= 0.6 is 21.6 Å². The zero-order valence-corrected chi connectivity index (χ0v) is 20.0. The van der Waals surface area contributed by atoms with Crippen LogP contribution in [0.2, 0.25) is 0 Å². The Morgan fingerprint density at radius 2 is 1.97 bits per heavy atom. The number of imidazole rings is 1. The maximum atomic E-state index is 11.7. The Morgan fingerprint density at radius 3 is 2.68 bits per heavy atom. The first kappa shape index (κ1) is 29.0. The molecule has 3 heterocycles. The molecule has 1 aliphatic rings. The van der Waals surface area contributed by atoms with Gasteiger partial charge in [0.05, 0.1) is 12.4 Å². The van der Waals surface area contributed by atoms with E-state index in [4.69, 9.17) is 25.1 Å². The van der Waals surface area contributed by atoms with Crippen LogP contribution in [0.5, 0.6) is 0 Å². The van der Waals surface area contributed by atoms with Crippen molar-refractivity contribution in [2.75, 3.05) is 44.2 Å². The van der Waals surface area contributed by atoms with Crippen LogP contribution in [-0.2, 0) is 19.0 Å². The summed E-state index contributed by atoms with van der Waals surface area (Å²) in [5.41, 5.74) is 6.91. The van der Waals surface area contributed by atoms with Gasteiger partial charge in [0.25, 0.3) is 5.09 Å². The third-order valence-electron chi connectivity index (χ3n) is 4.00. The molecule has 1 aliphatic heterocycles. The number of aliphatic hydroxyl groups is 1. The molecule has 0 radical (unpaired) electrons. The van der Waals surface area contributed by atoms with E-state index in [1.807, 2.05) is 0 Å². The summed E-state index contributed by atoms with van der Waals surface area (Å²) < 4.78 is 17.8. The van der Waals surface area contributed by atoms with E-state index in [2.05, 4.69) is 32.6 Å². The lowest BCUT2D eigenvalue weighted by molar-refractivity contribution is -0.756. The van der Waals surface area contributed by atoms with E-state index < -0.39 is 11.2 Å². The van der Waals surface area contributed by atoms with Gasteiger partial charge in [-0.15, -0.1) is 23.0 Å². The van der Waals surface area contributed by atoms with Gasteiger partial charge in [-0.3, -0.25) is 4.57 Å². The Labute approximate surface area is 203 Å². The summed E-state index contributed by atoms with van der Waals surface area (Å²) in [4.78, 5) is 38.2. The maximum absolute atomic E-state index is 11.7. The molecular formula is C18H26N6O8S2. The lowest BCUT2D eigenvalue weighted by Gasteiger charge is -2.15. The van der Waals surface area contributed by atoms with Gasteiger partial charge >= 0.3 is 6.16 Å². The molecule has 2 aromatic heterocycles. The molecule has 1 fully saturated rings. The number of hydrogen-bond donors (Lipinski definition) is 2. The Kier molecular flexibility index (Phi) is 14.2. The molecule has 16 heteroatoms.